The van der Waals surface area contributed by atoms with E-state index < -0.39 is 15.0 Å². The molecule has 0 bridgehead atoms. The molecule has 0 atom stereocenters. The van der Waals surface area contributed by atoms with E-state index in [1.165, 1.54) is 13.2 Å². The highest BCUT2D eigenvalue weighted by Crippen LogP contribution is 2.31. The average molecular weight is 337 g/mol. The molecule has 0 N–H and O–H groups in total. The Labute approximate surface area is 133 Å². The summed E-state index contributed by atoms with van der Waals surface area (Å²) in [5.74, 6) is 0.0508. The van der Waals surface area contributed by atoms with Crippen LogP contribution in [0.4, 0.5) is 5.69 Å². The van der Waals surface area contributed by atoms with Crippen molar-refractivity contribution in [1.82, 2.24) is 0 Å². The summed E-state index contributed by atoms with van der Waals surface area (Å²) in [5.41, 5.74) is 1.30. The number of methoxy groups -OCH3 is 1. The predicted octanol–water partition coefficient (Wildman–Crippen LogP) is 2.99. The Hall–Kier alpha value is -2.61. The van der Waals surface area contributed by atoms with Crippen molar-refractivity contribution in [1.29, 1.82) is 0 Å². The largest absolute Gasteiger partial charge is 0.495 e. The number of hydrogen-bond donors (Lipinski definition) is 0. The van der Waals surface area contributed by atoms with Gasteiger partial charge in [-0.25, -0.2) is 0 Å². The molecule has 0 unspecified atom stereocenters. The van der Waals surface area contributed by atoms with Gasteiger partial charge in [0.05, 0.1) is 18.1 Å². The van der Waals surface area contributed by atoms with Crippen molar-refractivity contribution in [2.24, 2.45) is 0 Å². The van der Waals surface area contributed by atoms with Gasteiger partial charge in [-0.05, 0) is 37.1 Å². The number of ether oxygens (including phenoxy) is 1. The molecule has 0 aliphatic rings. The number of benzene rings is 2. The molecule has 7 nitrogen and oxygen atoms in total. The minimum atomic E-state index is -4.19. The lowest BCUT2D eigenvalue weighted by atomic mass is 10.1. The maximum atomic E-state index is 12.5. The minimum Gasteiger partial charge on any atom is -0.495 e. The van der Waals surface area contributed by atoms with Gasteiger partial charge in [-0.3, -0.25) is 10.1 Å². The van der Waals surface area contributed by atoms with E-state index >= 15 is 0 Å². The lowest BCUT2D eigenvalue weighted by molar-refractivity contribution is -0.385. The average Bonchev–Trinajstić information content (AvgIpc) is 2.51. The molecule has 2 rings (SSSR count). The van der Waals surface area contributed by atoms with Gasteiger partial charge in [0.25, 0.3) is 5.69 Å². The van der Waals surface area contributed by atoms with E-state index in [0.29, 0.717) is 5.56 Å². The van der Waals surface area contributed by atoms with Crippen molar-refractivity contribution in [3.63, 3.8) is 0 Å². The predicted molar refractivity (Wildman–Crippen MR) is 83.4 cm³/mol. The zero-order valence-corrected chi connectivity index (χ0v) is 13.6. The van der Waals surface area contributed by atoms with Crippen molar-refractivity contribution in [3.8, 4) is 11.5 Å². The lowest BCUT2D eigenvalue weighted by Gasteiger charge is -2.13. The Balaban J connectivity index is 2.47. The van der Waals surface area contributed by atoms with Crippen LogP contribution in [-0.4, -0.2) is 20.5 Å². The van der Waals surface area contributed by atoms with E-state index in [0.717, 1.165) is 23.8 Å². The number of non-ortho nitro benzene ring substituents is 1. The van der Waals surface area contributed by atoms with E-state index in [4.69, 9.17) is 8.92 Å². The smallest absolute Gasteiger partial charge is 0.342 e. The summed E-state index contributed by atoms with van der Waals surface area (Å²) >= 11 is 0. The summed E-state index contributed by atoms with van der Waals surface area (Å²) < 4.78 is 35.0. The number of nitrogens with zero attached hydrogens (tertiary/aromatic N) is 1. The van der Waals surface area contributed by atoms with Gasteiger partial charge in [0.15, 0.2) is 0 Å². The van der Waals surface area contributed by atoms with Crippen molar-refractivity contribution in [2.45, 2.75) is 18.7 Å². The lowest BCUT2D eigenvalue weighted by Crippen LogP contribution is -2.12. The monoisotopic (exact) mass is 337 g/mol. The van der Waals surface area contributed by atoms with E-state index in [2.05, 4.69) is 0 Å². The van der Waals surface area contributed by atoms with Crippen molar-refractivity contribution in [2.75, 3.05) is 7.11 Å². The Morgan fingerprint density at radius 2 is 1.78 bits per heavy atom. The first-order valence-corrected chi connectivity index (χ1v) is 8.00. The second-order valence-corrected chi connectivity index (χ2v) is 6.34. The molecule has 0 aromatic heterocycles. The van der Waals surface area contributed by atoms with Gasteiger partial charge in [0, 0.05) is 6.07 Å². The highest BCUT2D eigenvalue weighted by atomic mass is 32.2. The van der Waals surface area contributed by atoms with Crippen LogP contribution in [0.1, 0.15) is 11.1 Å². The first kappa shape index (κ1) is 16.8. The molecule has 0 radical (unpaired) electrons. The van der Waals surface area contributed by atoms with Crippen molar-refractivity contribution < 1.29 is 22.3 Å². The van der Waals surface area contributed by atoms with Gasteiger partial charge < -0.3 is 8.92 Å². The number of nitro benzene ring substituents is 1. The fraction of sp³-hybridized carbons (Fsp3) is 0.200. The molecule has 8 heteroatoms. The van der Waals surface area contributed by atoms with E-state index in [9.17, 15) is 18.5 Å². The summed E-state index contributed by atoms with van der Waals surface area (Å²) in [6.07, 6.45) is 0. The Morgan fingerprint density at radius 1 is 1.09 bits per heavy atom. The third-order valence-electron chi connectivity index (χ3n) is 3.38. The van der Waals surface area contributed by atoms with Crippen LogP contribution in [0.2, 0.25) is 0 Å². The van der Waals surface area contributed by atoms with Crippen LogP contribution in [0.15, 0.2) is 41.3 Å². The molecule has 2 aromatic carbocycles. The molecule has 23 heavy (non-hydrogen) atoms. The quantitative estimate of drug-likeness (QED) is 0.473. The summed E-state index contributed by atoms with van der Waals surface area (Å²) in [7, 11) is -2.95. The maximum Gasteiger partial charge on any atom is 0.342 e. The summed E-state index contributed by atoms with van der Waals surface area (Å²) in [4.78, 5) is 9.87. The van der Waals surface area contributed by atoms with Gasteiger partial charge in [-0.15, -0.1) is 0 Å². The Morgan fingerprint density at radius 3 is 2.39 bits per heavy atom. The number of aryl methyl sites for hydroxylation is 1. The summed E-state index contributed by atoms with van der Waals surface area (Å²) in [5, 5.41) is 10.8. The molecule has 0 saturated carbocycles. The molecule has 0 amide bonds. The molecule has 2 aromatic rings. The topological polar surface area (TPSA) is 95.7 Å². The highest BCUT2D eigenvalue weighted by molar-refractivity contribution is 7.87. The van der Waals surface area contributed by atoms with E-state index in [1.54, 1.807) is 13.0 Å². The third kappa shape index (κ3) is 3.42. The molecule has 0 saturated heterocycles. The van der Waals surface area contributed by atoms with Gasteiger partial charge >= 0.3 is 10.1 Å². The molecule has 0 aliphatic carbocycles. The van der Waals surface area contributed by atoms with Crippen LogP contribution in [0, 0.1) is 24.0 Å². The molecular formula is C15H15NO6S. The number of hydrogen-bond acceptors (Lipinski definition) is 6. The summed E-state index contributed by atoms with van der Waals surface area (Å²) in [6.45, 7) is 3.58. The fourth-order valence-electron chi connectivity index (χ4n) is 1.95. The minimum absolute atomic E-state index is 0.149. The van der Waals surface area contributed by atoms with Crippen molar-refractivity contribution in [3.05, 3.63) is 57.6 Å². The van der Waals surface area contributed by atoms with Crippen LogP contribution in [-0.2, 0) is 10.1 Å². The Kier molecular flexibility index (Phi) is 4.55. The second-order valence-electron chi connectivity index (χ2n) is 4.83. The highest BCUT2D eigenvalue weighted by Gasteiger charge is 2.25. The normalized spacial score (nSPS) is 11.1. The number of nitro groups is 1. The van der Waals surface area contributed by atoms with Crippen LogP contribution < -0.4 is 8.92 Å². The van der Waals surface area contributed by atoms with Crippen LogP contribution in [0.5, 0.6) is 11.5 Å². The molecule has 0 spiro atoms. The zero-order valence-electron chi connectivity index (χ0n) is 12.8. The van der Waals surface area contributed by atoms with Gasteiger partial charge in [0.2, 0.25) is 0 Å². The van der Waals surface area contributed by atoms with Crippen LogP contribution in [0.25, 0.3) is 0 Å². The maximum absolute atomic E-state index is 12.5. The van der Waals surface area contributed by atoms with E-state index in [-0.39, 0.29) is 22.1 Å². The van der Waals surface area contributed by atoms with Gasteiger partial charge in [-0.2, -0.15) is 8.42 Å². The molecular weight excluding hydrogens is 322 g/mol. The van der Waals surface area contributed by atoms with Crippen LogP contribution in [0.3, 0.4) is 0 Å². The van der Waals surface area contributed by atoms with Gasteiger partial charge in [-0.1, -0.05) is 12.1 Å². The first-order chi connectivity index (χ1) is 10.8. The zero-order chi connectivity index (χ0) is 17.2. The van der Waals surface area contributed by atoms with Gasteiger partial charge in [0.1, 0.15) is 16.4 Å². The molecule has 0 heterocycles. The number of rotatable bonds is 5. The SMILES string of the molecule is COc1cc([N+](=O)[O-])ccc1S(=O)(=O)Oc1cccc(C)c1C. The third-order valence-corrected chi connectivity index (χ3v) is 4.66. The van der Waals surface area contributed by atoms with E-state index in [1.807, 2.05) is 13.0 Å². The molecule has 0 aliphatic heterocycles. The van der Waals surface area contributed by atoms with Crippen LogP contribution >= 0.6 is 0 Å². The van der Waals surface area contributed by atoms with Crippen molar-refractivity contribution >= 4 is 15.8 Å². The molecule has 0 fully saturated rings. The standard InChI is InChI=1S/C15H15NO6S/c1-10-5-4-6-13(11(10)2)22-23(19,20)15-8-7-12(16(17)18)9-14(15)21-3/h4-9H,1-3H3. The first-order valence-electron chi connectivity index (χ1n) is 6.59. The second kappa shape index (κ2) is 6.25. The fourth-order valence-corrected chi connectivity index (χ4v) is 3.08. The Bertz CT molecular complexity index is 860. The molecule has 122 valence electrons. The summed E-state index contributed by atoms with van der Waals surface area (Å²) in [6, 6.07) is 8.28.